The highest BCUT2D eigenvalue weighted by molar-refractivity contribution is 7.47. The number of carbonyl (C=O) groups is 4. The Kier molecular flexibility index (Phi) is 62.8. The summed E-state index contributed by atoms with van der Waals surface area (Å²) in [4.78, 5) is 72.5. The zero-order valence-electron chi connectivity index (χ0n) is 57.4. The van der Waals surface area contributed by atoms with Gasteiger partial charge in [0.1, 0.15) is 19.3 Å². The second-order valence-electron chi connectivity index (χ2n) is 23.4. The van der Waals surface area contributed by atoms with Crippen LogP contribution in [0, 0.1) is 0 Å². The van der Waals surface area contributed by atoms with Crippen LogP contribution in [0.2, 0.25) is 0 Å². The molecule has 0 aliphatic carbocycles. The van der Waals surface area contributed by atoms with Crippen LogP contribution < -0.4 is 0 Å². The summed E-state index contributed by atoms with van der Waals surface area (Å²) < 4.78 is 68.1. The van der Waals surface area contributed by atoms with Crippen molar-refractivity contribution in [1.29, 1.82) is 0 Å². The molecule has 4 unspecified atom stereocenters. The highest BCUT2D eigenvalue weighted by Gasteiger charge is 2.30. The Bertz CT molecular complexity index is 1990. The molecule has 0 radical (unpaired) electrons. The number of unbranched alkanes of at least 4 members (excludes halogenated alkanes) is 24. The molecule has 0 amide bonds. The number of hydrogen-bond acceptors (Lipinski definition) is 15. The van der Waals surface area contributed by atoms with Crippen LogP contribution in [0.4, 0.5) is 0 Å². The molecule has 4 atom stereocenters. The number of carbonyl (C=O) groups excluding carboxylic acids is 4. The number of aliphatic hydroxyl groups is 1. The predicted octanol–water partition coefficient (Wildman–Crippen LogP) is 19.7. The summed E-state index contributed by atoms with van der Waals surface area (Å²) in [6.07, 6.45) is 65.8. The van der Waals surface area contributed by atoms with Gasteiger partial charge in [-0.2, -0.15) is 0 Å². The van der Waals surface area contributed by atoms with Gasteiger partial charge >= 0.3 is 39.5 Å². The average molecular weight is 1340 g/mol. The van der Waals surface area contributed by atoms with Crippen molar-refractivity contribution < 1.29 is 80.2 Å². The second kappa shape index (κ2) is 65.6. The minimum absolute atomic E-state index is 0.0873. The van der Waals surface area contributed by atoms with E-state index in [0.29, 0.717) is 25.7 Å². The van der Waals surface area contributed by atoms with Crippen LogP contribution in [-0.2, 0) is 65.4 Å². The first kappa shape index (κ1) is 88.0. The van der Waals surface area contributed by atoms with Gasteiger partial charge < -0.3 is 33.8 Å². The van der Waals surface area contributed by atoms with Crippen LogP contribution in [-0.4, -0.2) is 96.7 Å². The van der Waals surface area contributed by atoms with Crippen LogP contribution >= 0.6 is 15.6 Å². The van der Waals surface area contributed by atoms with E-state index in [1.165, 1.54) is 77.0 Å². The molecular formula is C73H126O17P2. The maximum atomic E-state index is 13.0. The summed E-state index contributed by atoms with van der Waals surface area (Å²) in [7, 11) is -9.95. The van der Waals surface area contributed by atoms with Gasteiger partial charge in [-0.25, -0.2) is 9.13 Å². The largest absolute Gasteiger partial charge is 0.472 e. The Hall–Kier alpha value is -4.02. The predicted molar refractivity (Wildman–Crippen MR) is 372 cm³/mol. The van der Waals surface area contributed by atoms with Gasteiger partial charge in [0.25, 0.3) is 0 Å². The van der Waals surface area contributed by atoms with E-state index in [4.69, 9.17) is 37.0 Å². The number of phosphoric ester groups is 2. The van der Waals surface area contributed by atoms with Gasteiger partial charge in [0.05, 0.1) is 26.4 Å². The zero-order valence-corrected chi connectivity index (χ0v) is 59.2. The van der Waals surface area contributed by atoms with Gasteiger partial charge in [-0.1, -0.05) is 253 Å². The number of allylic oxidation sites excluding steroid dienone is 16. The molecule has 0 fully saturated rings. The molecule has 0 bridgehead atoms. The molecule has 0 aliphatic heterocycles. The molecule has 0 aliphatic rings. The number of hydrogen-bond donors (Lipinski definition) is 3. The zero-order chi connectivity index (χ0) is 67.5. The SMILES string of the molecule is CC/C=C\C/C=C\C/C=C\C/C=C\CCCCC(=O)OCC(COP(=O)(O)OCC(O)COP(=O)(O)OCC(COC(=O)CCCC/C=C\C/C=C\C/C=C\C/C=C\CC)OC(=O)CCCCCCCCCCCCC)OC(=O)CCCCCCCCCCCCC. The smallest absolute Gasteiger partial charge is 0.462 e. The number of ether oxygens (including phenoxy) is 4. The van der Waals surface area contributed by atoms with E-state index < -0.39 is 97.5 Å². The van der Waals surface area contributed by atoms with Crippen molar-refractivity contribution in [3.63, 3.8) is 0 Å². The monoisotopic (exact) mass is 1340 g/mol. The molecule has 0 rings (SSSR count). The van der Waals surface area contributed by atoms with E-state index in [2.05, 4.69) is 125 Å². The third-order valence-corrected chi connectivity index (χ3v) is 16.5. The van der Waals surface area contributed by atoms with Crippen molar-refractivity contribution in [1.82, 2.24) is 0 Å². The van der Waals surface area contributed by atoms with Gasteiger partial charge in [-0.3, -0.25) is 37.3 Å². The molecule has 0 aromatic rings. The molecule has 0 aromatic heterocycles. The summed E-state index contributed by atoms with van der Waals surface area (Å²) in [6.45, 7) is 4.52. The third-order valence-electron chi connectivity index (χ3n) is 14.6. The van der Waals surface area contributed by atoms with E-state index >= 15 is 0 Å². The van der Waals surface area contributed by atoms with Gasteiger partial charge in [0, 0.05) is 25.7 Å². The number of aliphatic hydroxyl groups excluding tert-OH is 1. The van der Waals surface area contributed by atoms with Crippen LogP contribution in [0.15, 0.2) is 97.2 Å². The van der Waals surface area contributed by atoms with E-state index in [9.17, 15) is 43.2 Å². The van der Waals surface area contributed by atoms with Gasteiger partial charge in [0.2, 0.25) is 0 Å². The molecule has 0 spiro atoms. The highest BCUT2D eigenvalue weighted by atomic mass is 31.2. The first-order valence-electron chi connectivity index (χ1n) is 35.5. The lowest BCUT2D eigenvalue weighted by Crippen LogP contribution is -2.30. The summed E-state index contributed by atoms with van der Waals surface area (Å²) in [6, 6.07) is 0. The molecule has 0 saturated carbocycles. The lowest BCUT2D eigenvalue weighted by atomic mass is 10.1. The Morgan fingerprint density at radius 2 is 0.565 bits per heavy atom. The Morgan fingerprint density at radius 3 is 0.870 bits per heavy atom. The first-order chi connectivity index (χ1) is 44.7. The number of rotatable bonds is 66. The average Bonchev–Trinajstić information content (AvgIpc) is 2.55. The van der Waals surface area contributed by atoms with Crippen LogP contribution in [0.1, 0.15) is 285 Å². The van der Waals surface area contributed by atoms with E-state index in [-0.39, 0.29) is 25.7 Å². The van der Waals surface area contributed by atoms with Crippen LogP contribution in [0.3, 0.4) is 0 Å². The molecular weight excluding hydrogens is 1210 g/mol. The second-order valence-corrected chi connectivity index (χ2v) is 26.3. The molecule has 0 heterocycles. The minimum Gasteiger partial charge on any atom is -0.462 e. The lowest BCUT2D eigenvalue weighted by Gasteiger charge is -2.21. The summed E-state index contributed by atoms with van der Waals surface area (Å²) in [5, 5.41) is 10.6. The normalized spacial score (nSPS) is 14.6. The molecule has 0 saturated heterocycles. The first-order valence-corrected chi connectivity index (χ1v) is 38.5. The Morgan fingerprint density at radius 1 is 0.315 bits per heavy atom. The van der Waals surface area contributed by atoms with Crippen molar-refractivity contribution in [3.8, 4) is 0 Å². The standard InChI is InChI=1S/C73H126O17P2/c1-5-9-13-17-21-25-29-31-33-35-39-41-45-49-53-57-70(75)83-63-68(89-72(77)59-55-51-47-43-37-27-23-19-15-11-7-3)65-87-91(79,80)85-61-67(74)62-86-92(81,82)88-66-69(90-73(78)60-56-52-48-44-38-28-24-20-16-12-8-4)64-84-71(76)58-54-50-46-42-40-36-34-32-30-26-22-18-14-10-6-2/h9-10,13-14,21-22,25-26,31-34,39-42,67-69,74H,5-8,11-12,15-20,23-24,27-30,35-38,43-66H2,1-4H3,(H,79,80)(H,81,82)/b13-9-,14-10-,25-21-,26-22-,33-31-,34-32-,41-39-,42-40-. The molecule has 92 heavy (non-hydrogen) atoms. The summed E-state index contributed by atoms with van der Waals surface area (Å²) in [5.74, 6) is -2.26. The van der Waals surface area contributed by atoms with Crippen molar-refractivity contribution in [2.45, 2.75) is 303 Å². The van der Waals surface area contributed by atoms with Crippen molar-refractivity contribution in [2.24, 2.45) is 0 Å². The fraction of sp³-hybridized carbons (Fsp3) is 0.726. The topological polar surface area (TPSA) is 237 Å². The Labute approximate surface area is 557 Å². The third kappa shape index (κ3) is 64.7. The fourth-order valence-corrected chi connectivity index (χ4v) is 10.8. The van der Waals surface area contributed by atoms with E-state index in [1.54, 1.807) is 0 Å². The Balaban J connectivity index is 5.36. The molecule has 530 valence electrons. The fourth-order valence-electron chi connectivity index (χ4n) is 9.20. The number of phosphoric acid groups is 2. The summed E-state index contributed by atoms with van der Waals surface area (Å²) in [5.41, 5.74) is 0. The lowest BCUT2D eigenvalue weighted by molar-refractivity contribution is -0.161. The number of esters is 4. The summed E-state index contributed by atoms with van der Waals surface area (Å²) >= 11 is 0. The maximum Gasteiger partial charge on any atom is 0.472 e. The molecule has 17 nitrogen and oxygen atoms in total. The molecule has 19 heteroatoms. The van der Waals surface area contributed by atoms with E-state index in [1.807, 2.05) is 0 Å². The van der Waals surface area contributed by atoms with Crippen molar-refractivity contribution >= 4 is 39.5 Å². The molecule has 0 aromatic carbocycles. The quantitative estimate of drug-likeness (QED) is 0.0169. The maximum absolute atomic E-state index is 13.0. The van der Waals surface area contributed by atoms with Gasteiger partial charge in [-0.05, 0) is 103 Å². The van der Waals surface area contributed by atoms with Crippen LogP contribution in [0.5, 0.6) is 0 Å². The van der Waals surface area contributed by atoms with Crippen molar-refractivity contribution in [3.05, 3.63) is 97.2 Å². The minimum atomic E-state index is -4.97. The van der Waals surface area contributed by atoms with E-state index in [0.717, 1.165) is 128 Å². The highest BCUT2D eigenvalue weighted by Crippen LogP contribution is 2.45. The molecule has 3 N–H and O–H groups in total. The van der Waals surface area contributed by atoms with Gasteiger partial charge in [-0.15, -0.1) is 0 Å². The van der Waals surface area contributed by atoms with Crippen molar-refractivity contribution in [2.75, 3.05) is 39.6 Å². The van der Waals surface area contributed by atoms with Gasteiger partial charge in [0.15, 0.2) is 12.2 Å². The van der Waals surface area contributed by atoms with Crippen LogP contribution in [0.25, 0.3) is 0 Å².